The minimum Gasteiger partial charge on any atom is -0.338 e. The van der Waals surface area contributed by atoms with Crippen molar-refractivity contribution < 1.29 is 13.6 Å². The van der Waals surface area contributed by atoms with Gasteiger partial charge in [-0.3, -0.25) is 0 Å². The van der Waals surface area contributed by atoms with Crippen LogP contribution in [0, 0.1) is 11.6 Å². The summed E-state index contributed by atoms with van der Waals surface area (Å²) in [7, 11) is 0. The first kappa shape index (κ1) is 13.1. The zero-order valence-corrected chi connectivity index (χ0v) is 10.6. The molecule has 2 amide bonds. The Morgan fingerprint density at radius 2 is 2.06 bits per heavy atom. The third kappa shape index (κ3) is 4.30. The molecule has 6 heteroatoms. The molecule has 3 nitrogen and oxygen atoms in total. The van der Waals surface area contributed by atoms with Crippen LogP contribution in [0.15, 0.2) is 18.2 Å². The minimum absolute atomic E-state index is 0.228. The monoisotopic (exact) mass is 340 g/mol. The van der Waals surface area contributed by atoms with Crippen molar-refractivity contribution in [3.8, 4) is 0 Å². The second-order valence-corrected chi connectivity index (χ2v) is 4.13. The fourth-order valence-electron chi connectivity index (χ4n) is 1.02. The number of urea groups is 1. The summed E-state index contributed by atoms with van der Waals surface area (Å²) in [6, 6.07) is 2.79. The first-order valence-corrected chi connectivity index (χ1v) is 6.22. The van der Waals surface area contributed by atoms with Gasteiger partial charge in [-0.1, -0.05) is 22.6 Å². The Kier molecular flexibility index (Phi) is 5.44. The van der Waals surface area contributed by atoms with Crippen molar-refractivity contribution in [3.05, 3.63) is 29.8 Å². The second kappa shape index (κ2) is 6.62. The Balaban J connectivity index is 2.46. The number of alkyl halides is 1. The molecule has 16 heavy (non-hydrogen) atoms. The number of carbonyl (C=O) groups excluding carboxylic acids is 1. The summed E-state index contributed by atoms with van der Waals surface area (Å²) in [4.78, 5) is 11.2. The molecule has 0 aliphatic rings. The number of benzene rings is 1. The average molecular weight is 340 g/mol. The molecule has 0 saturated heterocycles. The number of amides is 2. The Labute approximate surface area is 106 Å². The van der Waals surface area contributed by atoms with Crippen molar-refractivity contribution >= 4 is 34.3 Å². The van der Waals surface area contributed by atoms with Crippen LogP contribution >= 0.6 is 22.6 Å². The molecule has 2 N–H and O–H groups in total. The fourth-order valence-corrected chi connectivity index (χ4v) is 1.40. The summed E-state index contributed by atoms with van der Waals surface area (Å²) < 4.78 is 26.3. The summed E-state index contributed by atoms with van der Waals surface area (Å²) >= 11 is 2.20. The maximum absolute atomic E-state index is 12.8. The second-order valence-electron chi connectivity index (χ2n) is 3.05. The van der Waals surface area contributed by atoms with E-state index in [0.717, 1.165) is 23.0 Å². The van der Waals surface area contributed by atoms with Crippen LogP contribution in [-0.4, -0.2) is 17.0 Å². The maximum Gasteiger partial charge on any atom is 0.319 e. The zero-order chi connectivity index (χ0) is 12.0. The van der Waals surface area contributed by atoms with Gasteiger partial charge in [0, 0.05) is 22.7 Å². The molecule has 0 spiro atoms. The fraction of sp³-hybridized carbons (Fsp3) is 0.300. The number of hydrogen-bond donors (Lipinski definition) is 2. The molecular formula is C10H11F2IN2O. The van der Waals surface area contributed by atoms with E-state index in [1.807, 2.05) is 0 Å². The molecule has 0 aliphatic carbocycles. The topological polar surface area (TPSA) is 41.1 Å². The minimum atomic E-state index is -0.981. The van der Waals surface area contributed by atoms with Gasteiger partial charge in [0.25, 0.3) is 0 Å². The molecule has 0 aliphatic heterocycles. The Morgan fingerprint density at radius 1 is 1.31 bits per heavy atom. The van der Waals surface area contributed by atoms with Gasteiger partial charge in [0.2, 0.25) is 0 Å². The summed E-state index contributed by atoms with van der Waals surface area (Å²) in [6.45, 7) is 0.554. The van der Waals surface area contributed by atoms with Gasteiger partial charge < -0.3 is 10.6 Å². The number of carbonyl (C=O) groups is 1. The van der Waals surface area contributed by atoms with Gasteiger partial charge in [0.05, 0.1) is 0 Å². The van der Waals surface area contributed by atoms with Gasteiger partial charge in [0.1, 0.15) is 0 Å². The van der Waals surface area contributed by atoms with Crippen molar-refractivity contribution in [2.24, 2.45) is 0 Å². The Bertz CT molecular complexity index is 374. The lowest BCUT2D eigenvalue weighted by atomic mass is 10.3. The maximum atomic E-state index is 12.8. The lowest BCUT2D eigenvalue weighted by molar-refractivity contribution is 0.252. The molecule has 0 fully saturated rings. The van der Waals surface area contributed by atoms with E-state index in [1.54, 1.807) is 0 Å². The number of hydrogen-bond acceptors (Lipinski definition) is 1. The van der Waals surface area contributed by atoms with Gasteiger partial charge in [-0.15, -0.1) is 0 Å². The summed E-state index contributed by atoms with van der Waals surface area (Å²) in [6.07, 6.45) is 0.867. The predicted molar refractivity (Wildman–Crippen MR) is 66.9 cm³/mol. The molecule has 1 rings (SSSR count). The molecule has 88 valence electrons. The quantitative estimate of drug-likeness (QED) is 0.494. The SMILES string of the molecule is O=C(NCCCI)Nc1ccc(F)c(F)c1. The third-order valence-corrected chi connectivity index (χ3v) is 2.54. The highest BCUT2D eigenvalue weighted by Crippen LogP contribution is 2.12. The van der Waals surface area contributed by atoms with Crippen molar-refractivity contribution in [1.29, 1.82) is 0 Å². The molecule has 0 aromatic heterocycles. The highest BCUT2D eigenvalue weighted by atomic mass is 127. The van der Waals surface area contributed by atoms with E-state index in [4.69, 9.17) is 0 Å². The molecule has 0 heterocycles. The van der Waals surface area contributed by atoms with Crippen molar-refractivity contribution in [2.45, 2.75) is 6.42 Å². The smallest absolute Gasteiger partial charge is 0.319 e. The first-order chi connectivity index (χ1) is 7.63. The highest BCUT2D eigenvalue weighted by molar-refractivity contribution is 14.1. The van der Waals surface area contributed by atoms with E-state index in [9.17, 15) is 13.6 Å². The molecule has 0 unspecified atom stereocenters. The normalized spacial score (nSPS) is 9.94. The molecule has 0 radical (unpaired) electrons. The zero-order valence-electron chi connectivity index (χ0n) is 8.40. The van der Waals surface area contributed by atoms with Crippen LogP contribution in [0.1, 0.15) is 6.42 Å². The van der Waals surface area contributed by atoms with Gasteiger partial charge in [-0.25, -0.2) is 13.6 Å². The van der Waals surface area contributed by atoms with E-state index in [1.165, 1.54) is 6.07 Å². The van der Waals surface area contributed by atoms with Crippen LogP contribution < -0.4 is 10.6 Å². The van der Waals surface area contributed by atoms with Crippen LogP contribution in [0.25, 0.3) is 0 Å². The third-order valence-electron chi connectivity index (χ3n) is 1.77. The summed E-state index contributed by atoms with van der Waals surface area (Å²) in [5.41, 5.74) is 0.228. The molecule has 0 atom stereocenters. The molecule has 0 bridgehead atoms. The van der Waals surface area contributed by atoms with Crippen molar-refractivity contribution in [2.75, 3.05) is 16.3 Å². The number of anilines is 1. The van der Waals surface area contributed by atoms with Crippen molar-refractivity contribution in [3.63, 3.8) is 0 Å². The van der Waals surface area contributed by atoms with E-state index in [0.29, 0.717) is 6.54 Å². The molecular weight excluding hydrogens is 329 g/mol. The number of nitrogens with one attached hydrogen (secondary N) is 2. The lowest BCUT2D eigenvalue weighted by Gasteiger charge is -2.06. The van der Waals surface area contributed by atoms with E-state index in [2.05, 4.69) is 33.2 Å². The standard InChI is InChI=1S/C10H11F2IN2O/c11-8-3-2-7(6-9(8)12)15-10(16)14-5-1-4-13/h2-3,6H,1,4-5H2,(H2,14,15,16). The number of halogens is 3. The van der Waals surface area contributed by atoms with E-state index < -0.39 is 17.7 Å². The molecule has 1 aromatic carbocycles. The summed E-state index contributed by atoms with van der Waals surface area (Å²) in [5.74, 6) is -1.92. The Hall–Kier alpha value is -0.920. The largest absolute Gasteiger partial charge is 0.338 e. The Morgan fingerprint density at radius 3 is 2.69 bits per heavy atom. The first-order valence-electron chi connectivity index (χ1n) is 4.69. The van der Waals surface area contributed by atoms with E-state index in [-0.39, 0.29) is 5.69 Å². The van der Waals surface area contributed by atoms with Crippen LogP contribution in [0.2, 0.25) is 0 Å². The average Bonchev–Trinajstić information content (AvgIpc) is 2.24. The lowest BCUT2D eigenvalue weighted by Crippen LogP contribution is -2.29. The van der Waals surface area contributed by atoms with Gasteiger partial charge in [-0.2, -0.15) is 0 Å². The van der Waals surface area contributed by atoms with Gasteiger partial charge >= 0.3 is 6.03 Å². The number of rotatable bonds is 4. The predicted octanol–water partition coefficient (Wildman–Crippen LogP) is 2.91. The summed E-state index contributed by atoms with van der Waals surface area (Å²) in [5, 5.41) is 5.00. The molecule has 0 saturated carbocycles. The van der Waals surface area contributed by atoms with Gasteiger partial charge in [-0.05, 0) is 18.6 Å². The highest BCUT2D eigenvalue weighted by Gasteiger charge is 2.05. The van der Waals surface area contributed by atoms with Gasteiger partial charge in [0.15, 0.2) is 11.6 Å². The van der Waals surface area contributed by atoms with Crippen LogP contribution in [0.5, 0.6) is 0 Å². The van der Waals surface area contributed by atoms with Crippen LogP contribution in [-0.2, 0) is 0 Å². The van der Waals surface area contributed by atoms with Crippen LogP contribution in [0.3, 0.4) is 0 Å². The van der Waals surface area contributed by atoms with Crippen molar-refractivity contribution in [1.82, 2.24) is 5.32 Å². The van der Waals surface area contributed by atoms with Crippen LogP contribution in [0.4, 0.5) is 19.3 Å². The van der Waals surface area contributed by atoms with E-state index >= 15 is 0 Å². The molecule has 1 aromatic rings.